The standard InChI is InChI=1S/C9H13F2N3O3/c1-16-7-8(13-5-14-9(7)15)12-2-3-17-4-6(10)11/h5-6H,2-4H2,1H3,(H2,12,13,14,15). The second-order valence-electron chi connectivity index (χ2n) is 3.01. The van der Waals surface area contributed by atoms with Gasteiger partial charge in [-0.1, -0.05) is 0 Å². The predicted octanol–water partition coefficient (Wildman–Crippen LogP) is 0.472. The zero-order valence-electron chi connectivity index (χ0n) is 9.20. The number of hydrogen-bond acceptors (Lipinski definition) is 5. The van der Waals surface area contributed by atoms with Gasteiger partial charge in [0, 0.05) is 6.54 Å². The van der Waals surface area contributed by atoms with Crippen LogP contribution >= 0.6 is 0 Å². The van der Waals surface area contributed by atoms with Gasteiger partial charge >= 0.3 is 0 Å². The number of alkyl halides is 2. The van der Waals surface area contributed by atoms with Gasteiger partial charge in [0.2, 0.25) is 5.75 Å². The quantitative estimate of drug-likeness (QED) is 0.687. The average molecular weight is 249 g/mol. The molecule has 8 heteroatoms. The summed E-state index contributed by atoms with van der Waals surface area (Å²) in [6, 6.07) is 0. The fraction of sp³-hybridized carbons (Fsp3) is 0.556. The van der Waals surface area contributed by atoms with E-state index in [4.69, 9.17) is 4.74 Å². The molecule has 0 fully saturated rings. The molecule has 0 saturated heterocycles. The van der Waals surface area contributed by atoms with E-state index in [2.05, 4.69) is 20.0 Å². The molecule has 0 amide bonds. The fourth-order valence-corrected chi connectivity index (χ4v) is 1.12. The van der Waals surface area contributed by atoms with Crippen LogP contribution in [-0.2, 0) is 4.74 Å². The van der Waals surface area contributed by atoms with Crippen LogP contribution in [0.2, 0.25) is 0 Å². The van der Waals surface area contributed by atoms with Crippen LogP contribution < -0.4 is 15.6 Å². The molecule has 0 spiro atoms. The Morgan fingerprint density at radius 3 is 3.00 bits per heavy atom. The number of H-pyrrole nitrogens is 1. The minimum Gasteiger partial charge on any atom is -0.489 e. The molecular formula is C9H13F2N3O3. The van der Waals surface area contributed by atoms with Gasteiger partial charge in [-0.15, -0.1) is 0 Å². The van der Waals surface area contributed by atoms with Gasteiger partial charge in [-0.2, -0.15) is 0 Å². The number of nitrogens with zero attached hydrogens (tertiary/aromatic N) is 1. The number of rotatable bonds is 7. The summed E-state index contributed by atoms with van der Waals surface area (Å²) in [5.74, 6) is 0.290. The highest BCUT2D eigenvalue weighted by Gasteiger charge is 2.08. The Balaban J connectivity index is 2.41. The van der Waals surface area contributed by atoms with Crippen LogP contribution in [-0.4, -0.2) is 43.3 Å². The number of aromatic amines is 1. The second-order valence-corrected chi connectivity index (χ2v) is 3.01. The van der Waals surface area contributed by atoms with Crippen LogP contribution in [0.3, 0.4) is 0 Å². The minimum absolute atomic E-state index is 0.0429. The van der Waals surface area contributed by atoms with E-state index in [0.717, 1.165) is 0 Å². The molecule has 0 radical (unpaired) electrons. The van der Waals surface area contributed by atoms with Crippen molar-refractivity contribution in [3.05, 3.63) is 16.7 Å². The van der Waals surface area contributed by atoms with E-state index in [1.165, 1.54) is 13.4 Å². The SMILES string of the molecule is COc1c(NCCOCC(F)F)nc[nH]c1=O. The van der Waals surface area contributed by atoms with E-state index < -0.39 is 18.6 Å². The van der Waals surface area contributed by atoms with Crippen molar-refractivity contribution in [3.63, 3.8) is 0 Å². The molecule has 96 valence electrons. The maximum atomic E-state index is 11.7. The van der Waals surface area contributed by atoms with Gasteiger partial charge in [0.15, 0.2) is 5.82 Å². The third-order valence-electron chi connectivity index (χ3n) is 1.80. The van der Waals surface area contributed by atoms with E-state index in [9.17, 15) is 13.6 Å². The van der Waals surface area contributed by atoms with Crippen molar-refractivity contribution >= 4 is 5.82 Å². The van der Waals surface area contributed by atoms with Crippen LogP contribution in [0.15, 0.2) is 11.1 Å². The summed E-state index contributed by atoms with van der Waals surface area (Å²) in [7, 11) is 1.34. The summed E-state index contributed by atoms with van der Waals surface area (Å²) in [6.07, 6.45) is -1.27. The van der Waals surface area contributed by atoms with Crippen molar-refractivity contribution in [3.8, 4) is 5.75 Å². The van der Waals surface area contributed by atoms with Gasteiger partial charge in [-0.3, -0.25) is 4.79 Å². The molecule has 0 aliphatic rings. The van der Waals surface area contributed by atoms with E-state index >= 15 is 0 Å². The average Bonchev–Trinajstić information content (AvgIpc) is 2.28. The van der Waals surface area contributed by atoms with Crippen LogP contribution in [0.1, 0.15) is 0 Å². The van der Waals surface area contributed by atoms with Gasteiger partial charge in [-0.05, 0) is 0 Å². The molecule has 0 saturated carbocycles. The van der Waals surface area contributed by atoms with Crippen molar-refractivity contribution in [2.75, 3.05) is 32.2 Å². The molecular weight excluding hydrogens is 236 g/mol. The van der Waals surface area contributed by atoms with Gasteiger partial charge in [-0.25, -0.2) is 13.8 Å². The molecule has 0 bridgehead atoms. The molecule has 1 heterocycles. The largest absolute Gasteiger partial charge is 0.489 e. The summed E-state index contributed by atoms with van der Waals surface area (Å²) >= 11 is 0. The number of anilines is 1. The first-order chi connectivity index (χ1) is 8.15. The van der Waals surface area contributed by atoms with Crippen molar-refractivity contribution < 1.29 is 18.3 Å². The Labute approximate surface area is 96.0 Å². The third kappa shape index (κ3) is 4.35. The van der Waals surface area contributed by atoms with Gasteiger partial charge in [0.1, 0.15) is 6.61 Å². The maximum Gasteiger partial charge on any atom is 0.295 e. The Hall–Kier alpha value is -1.70. The summed E-state index contributed by atoms with van der Waals surface area (Å²) in [4.78, 5) is 17.5. The first kappa shape index (κ1) is 13.4. The van der Waals surface area contributed by atoms with Gasteiger partial charge in [0.05, 0.1) is 20.0 Å². The normalized spacial score (nSPS) is 10.6. The van der Waals surface area contributed by atoms with Crippen LogP contribution in [0, 0.1) is 0 Å². The zero-order chi connectivity index (χ0) is 12.7. The maximum absolute atomic E-state index is 11.7. The van der Waals surface area contributed by atoms with Gasteiger partial charge < -0.3 is 19.8 Å². The molecule has 0 aliphatic carbocycles. The first-order valence-corrected chi connectivity index (χ1v) is 4.86. The summed E-state index contributed by atoms with van der Waals surface area (Å²) in [5.41, 5.74) is -0.418. The lowest BCUT2D eigenvalue weighted by Crippen LogP contribution is -2.17. The molecule has 6 nitrogen and oxygen atoms in total. The summed E-state index contributed by atoms with van der Waals surface area (Å²) in [6.45, 7) is -0.275. The lowest BCUT2D eigenvalue weighted by molar-refractivity contribution is 0.0214. The molecule has 0 unspecified atom stereocenters. The second kappa shape index (κ2) is 6.79. The van der Waals surface area contributed by atoms with Crippen molar-refractivity contribution in [2.45, 2.75) is 6.43 Å². The summed E-state index contributed by atoms with van der Waals surface area (Å²) < 4.78 is 33.0. The van der Waals surface area contributed by atoms with Crippen molar-refractivity contribution in [1.29, 1.82) is 0 Å². The first-order valence-electron chi connectivity index (χ1n) is 4.86. The number of hydrogen-bond donors (Lipinski definition) is 2. The van der Waals surface area contributed by atoms with Crippen molar-refractivity contribution in [2.24, 2.45) is 0 Å². The number of nitrogens with one attached hydrogen (secondary N) is 2. The lowest BCUT2D eigenvalue weighted by atomic mass is 10.5. The lowest BCUT2D eigenvalue weighted by Gasteiger charge is -2.08. The number of aromatic nitrogens is 2. The number of ether oxygens (including phenoxy) is 2. The highest BCUT2D eigenvalue weighted by Crippen LogP contribution is 2.13. The van der Waals surface area contributed by atoms with E-state index in [1.54, 1.807) is 0 Å². The molecule has 0 aromatic carbocycles. The molecule has 0 aliphatic heterocycles. The monoisotopic (exact) mass is 249 g/mol. The number of methoxy groups -OCH3 is 1. The molecule has 0 atom stereocenters. The fourth-order valence-electron chi connectivity index (χ4n) is 1.12. The van der Waals surface area contributed by atoms with E-state index in [0.29, 0.717) is 0 Å². The topological polar surface area (TPSA) is 76.2 Å². The Morgan fingerprint density at radius 2 is 2.35 bits per heavy atom. The minimum atomic E-state index is -2.48. The van der Waals surface area contributed by atoms with E-state index in [-0.39, 0.29) is 24.7 Å². The van der Waals surface area contributed by atoms with Crippen LogP contribution in [0.5, 0.6) is 5.75 Å². The summed E-state index contributed by atoms with van der Waals surface area (Å²) in [5, 5.41) is 2.75. The Bertz CT molecular complexity index is 397. The molecule has 1 aromatic heterocycles. The molecule has 17 heavy (non-hydrogen) atoms. The number of halogens is 2. The molecule has 1 aromatic rings. The molecule has 2 N–H and O–H groups in total. The van der Waals surface area contributed by atoms with E-state index in [1.807, 2.05) is 0 Å². The highest BCUT2D eigenvalue weighted by atomic mass is 19.3. The van der Waals surface area contributed by atoms with Crippen LogP contribution in [0.4, 0.5) is 14.6 Å². The zero-order valence-corrected chi connectivity index (χ0v) is 9.20. The Morgan fingerprint density at radius 1 is 1.59 bits per heavy atom. The van der Waals surface area contributed by atoms with Gasteiger partial charge in [0.25, 0.3) is 12.0 Å². The predicted molar refractivity (Wildman–Crippen MR) is 56.7 cm³/mol. The third-order valence-corrected chi connectivity index (χ3v) is 1.80. The highest BCUT2D eigenvalue weighted by molar-refractivity contribution is 5.47. The molecule has 1 rings (SSSR count). The van der Waals surface area contributed by atoms with Crippen LogP contribution in [0.25, 0.3) is 0 Å². The van der Waals surface area contributed by atoms with Crippen molar-refractivity contribution in [1.82, 2.24) is 9.97 Å². The Kier molecular flexibility index (Phi) is 5.34. The smallest absolute Gasteiger partial charge is 0.295 e.